The number of nitrogens with one attached hydrogen (secondary N) is 1. The normalized spacial score (nSPS) is 9.71. The molecule has 0 aliphatic carbocycles. The van der Waals surface area contributed by atoms with E-state index in [1.807, 2.05) is 6.07 Å². The van der Waals surface area contributed by atoms with Crippen LogP contribution in [0.25, 0.3) is 0 Å². The maximum absolute atomic E-state index is 13.7. The third-order valence-corrected chi connectivity index (χ3v) is 2.34. The second kappa shape index (κ2) is 4.62. The lowest BCUT2D eigenvalue weighted by Crippen LogP contribution is -1.97. The number of halogens is 1. The highest BCUT2D eigenvalue weighted by Gasteiger charge is 2.05. The van der Waals surface area contributed by atoms with Crippen molar-refractivity contribution >= 4 is 11.5 Å². The summed E-state index contributed by atoms with van der Waals surface area (Å²) in [6.45, 7) is 1.69. The summed E-state index contributed by atoms with van der Waals surface area (Å²) in [7, 11) is 0. The highest BCUT2D eigenvalue weighted by atomic mass is 19.1. The Morgan fingerprint density at radius 2 is 2.18 bits per heavy atom. The van der Waals surface area contributed by atoms with Crippen molar-refractivity contribution in [1.82, 2.24) is 4.98 Å². The van der Waals surface area contributed by atoms with Gasteiger partial charge in [-0.25, -0.2) is 9.37 Å². The Morgan fingerprint density at radius 1 is 1.35 bits per heavy atom. The van der Waals surface area contributed by atoms with Crippen molar-refractivity contribution in [1.29, 1.82) is 5.26 Å². The largest absolute Gasteiger partial charge is 0.338 e. The molecule has 0 radical (unpaired) electrons. The van der Waals surface area contributed by atoms with E-state index in [2.05, 4.69) is 10.3 Å². The van der Waals surface area contributed by atoms with Crippen LogP contribution in [0.15, 0.2) is 36.5 Å². The van der Waals surface area contributed by atoms with Gasteiger partial charge < -0.3 is 5.32 Å². The lowest BCUT2D eigenvalue weighted by molar-refractivity contribution is 0.622. The molecule has 1 N–H and O–H groups in total. The van der Waals surface area contributed by atoms with E-state index < -0.39 is 0 Å². The third-order valence-electron chi connectivity index (χ3n) is 2.34. The first kappa shape index (κ1) is 11.1. The minimum absolute atomic E-state index is 0.309. The van der Waals surface area contributed by atoms with Gasteiger partial charge in [-0.3, -0.25) is 0 Å². The Balaban J connectivity index is 2.32. The lowest BCUT2D eigenvalue weighted by atomic mass is 10.2. The fourth-order valence-corrected chi connectivity index (χ4v) is 1.45. The summed E-state index contributed by atoms with van der Waals surface area (Å²) in [6.07, 6.45) is 1.51. The van der Waals surface area contributed by atoms with Crippen molar-refractivity contribution in [3.63, 3.8) is 0 Å². The van der Waals surface area contributed by atoms with E-state index >= 15 is 0 Å². The molecule has 3 nitrogen and oxygen atoms in total. The summed E-state index contributed by atoms with van der Waals surface area (Å²) < 4.78 is 13.7. The molecule has 0 spiro atoms. The Labute approximate surface area is 98.5 Å². The van der Waals surface area contributed by atoms with E-state index in [1.165, 1.54) is 6.20 Å². The van der Waals surface area contributed by atoms with Gasteiger partial charge in [0.15, 0.2) is 0 Å². The van der Waals surface area contributed by atoms with Gasteiger partial charge in [-0.2, -0.15) is 5.26 Å². The van der Waals surface area contributed by atoms with Crippen LogP contribution in [0.5, 0.6) is 0 Å². The zero-order valence-corrected chi connectivity index (χ0v) is 9.24. The summed E-state index contributed by atoms with van der Waals surface area (Å²) in [5, 5.41) is 11.6. The van der Waals surface area contributed by atoms with Crippen molar-refractivity contribution in [3.8, 4) is 6.07 Å². The van der Waals surface area contributed by atoms with Crippen molar-refractivity contribution < 1.29 is 4.39 Å². The van der Waals surface area contributed by atoms with E-state index in [4.69, 9.17) is 5.26 Å². The fraction of sp³-hybridized carbons (Fsp3) is 0.0769. The average molecular weight is 227 g/mol. The lowest BCUT2D eigenvalue weighted by Gasteiger charge is -2.08. The first-order valence-electron chi connectivity index (χ1n) is 5.09. The number of pyridine rings is 1. The van der Waals surface area contributed by atoms with Gasteiger partial charge >= 0.3 is 0 Å². The maximum atomic E-state index is 13.7. The molecule has 0 fully saturated rings. The average Bonchev–Trinajstić information content (AvgIpc) is 2.35. The zero-order valence-electron chi connectivity index (χ0n) is 9.24. The summed E-state index contributed by atoms with van der Waals surface area (Å²) in [5.74, 6) is 0.144. The molecule has 0 aliphatic rings. The number of rotatable bonds is 2. The van der Waals surface area contributed by atoms with Crippen LogP contribution in [0.4, 0.5) is 15.9 Å². The van der Waals surface area contributed by atoms with Crippen molar-refractivity contribution in [3.05, 3.63) is 53.5 Å². The summed E-state index contributed by atoms with van der Waals surface area (Å²) in [4.78, 5) is 4.02. The first-order chi connectivity index (χ1) is 8.20. The zero-order chi connectivity index (χ0) is 12.3. The predicted molar refractivity (Wildman–Crippen MR) is 63.4 cm³/mol. The van der Waals surface area contributed by atoms with E-state index in [-0.39, 0.29) is 5.82 Å². The van der Waals surface area contributed by atoms with Crippen molar-refractivity contribution in [2.75, 3.05) is 5.32 Å². The van der Waals surface area contributed by atoms with Gasteiger partial charge in [0.05, 0.1) is 17.3 Å². The molecular formula is C13H10FN3. The highest BCUT2D eigenvalue weighted by Crippen LogP contribution is 2.21. The fourth-order valence-electron chi connectivity index (χ4n) is 1.45. The molecule has 0 aliphatic heterocycles. The molecule has 1 aromatic carbocycles. The van der Waals surface area contributed by atoms with Gasteiger partial charge in [-0.1, -0.05) is 12.1 Å². The van der Waals surface area contributed by atoms with Crippen LogP contribution in [-0.2, 0) is 0 Å². The Bertz CT molecular complexity index is 587. The van der Waals surface area contributed by atoms with Gasteiger partial charge in [0, 0.05) is 6.20 Å². The minimum Gasteiger partial charge on any atom is -0.338 e. The number of anilines is 2. The molecule has 84 valence electrons. The molecule has 4 heteroatoms. The number of benzene rings is 1. The molecule has 2 rings (SSSR count). The van der Waals surface area contributed by atoms with Crippen LogP contribution in [-0.4, -0.2) is 4.98 Å². The molecular weight excluding hydrogens is 217 g/mol. The number of hydrogen-bond acceptors (Lipinski definition) is 3. The number of hydrogen-bond donors (Lipinski definition) is 1. The van der Waals surface area contributed by atoms with Gasteiger partial charge in [0.25, 0.3) is 0 Å². The van der Waals surface area contributed by atoms with Crippen LogP contribution in [0.3, 0.4) is 0 Å². The molecule has 0 saturated heterocycles. The minimum atomic E-state index is -0.309. The Morgan fingerprint density at radius 3 is 2.94 bits per heavy atom. The van der Waals surface area contributed by atoms with Gasteiger partial charge in [0.1, 0.15) is 11.6 Å². The standard InChI is InChI=1S/C13H10FN3/c1-9-3-2-4-11(13(9)14)17-12-7-10(8-15)5-6-16-12/h2-7H,1H3,(H,16,17). The smallest absolute Gasteiger partial charge is 0.149 e. The van der Waals surface area contributed by atoms with Crippen molar-refractivity contribution in [2.45, 2.75) is 6.92 Å². The maximum Gasteiger partial charge on any atom is 0.149 e. The van der Waals surface area contributed by atoms with Crippen LogP contribution in [0.2, 0.25) is 0 Å². The molecule has 0 saturated carbocycles. The number of aromatic nitrogens is 1. The molecule has 1 aromatic heterocycles. The third kappa shape index (κ3) is 2.40. The van der Waals surface area contributed by atoms with Crippen LogP contribution in [0.1, 0.15) is 11.1 Å². The SMILES string of the molecule is Cc1cccc(Nc2cc(C#N)ccn2)c1F. The molecule has 0 amide bonds. The van der Waals surface area contributed by atoms with E-state index in [1.54, 1.807) is 37.3 Å². The first-order valence-corrected chi connectivity index (χ1v) is 5.09. The second-order valence-corrected chi connectivity index (χ2v) is 3.60. The summed E-state index contributed by atoms with van der Waals surface area (Å²) >= 11 is 0. The van der Waals surface area contributed by atoms with E-state index in [0.29, 0.717) is 22.6 Å². The van der Waals surface area contributed by atoms with E-state index in [0.717, 1.165) is 0 Å². The van der Waals surface area contributed by atoms with Gasteiger partial charge in [0.2, 0.25) is 0 Å². The molecule has 0 atom stereocenters. The van der Waals surface area contributed by atoms with Gasteiger partial charge in [-0.05, 0) is 30.7 Å². The highest BCUT2D eigenvalue weighted by molar-refractivity contribution is 5.59. The van der Waals surface area contributed by atoms with Crippen molar-refractivity contribution in [2.24, 2.45) is 0 Å². The van der Waals surface area contributed by atoms with Crippen LogP contribution < -0.4 is 5.32 Å². The second-order valence-electron chi connectivity index (χ2n) is 3.60. The van der Waals surface area contributed by atoms with Crippen LogP contribution >= 0.6 is 0 Å². The molecule has 1 heterocycles. The van der Waals surface area contributed by atoms with E-state index in [9.17, 15) is 4.39 Å². The molecule has 0 unspecified atom stereocenters. The topological polar surface area (TPSA) is 48.7 Å². The number of nitrogens with zero attached hydrogens (tertiary/aromatic N) is 2. The summed E-state index contributed by atoms with van der Waals surface area (Å²) in [5.41, 5.74) is 1.40. The Hall–Kier alpha value is -2.41. The number of nitriles is 1. The molecule has 2 aromatic rings. The van der Waals surface area contributed by atoms with Gasteiger partial charge in [-0.15, -0.1) is 0 Å². The van der Waals surface area contributed by atoms with Crippen LogP contribution in [0, 0.1) is 24.1 Å². The number of aryl methyl sites for hydroxylation is 1. The summed E-state index contributed by atoms with van der Waals surface area (Å²) in [6, 6.07) is 10.3. The molecule has 0 bridgehead atoms. The predicted octanol–water partition coefficient (Wildman–Crippen LogP) is 3.14. The quantitative estimate of drug-likeness (QED) is 0.857. The Kier molecular flexibility index (Phi) is 3.01. The molecule has 17 heavy (non-hydrogen) atoms. The monoisotopic (exact) mass is 227 g/mol.